The molecule has 4 nitrogen and oxygen atoms in total. The average Bonchev–Trinajstić information content (AvgIpc) is 2.35. The lowest BCUT2D eigenvalue weighted by Crippen LogP contribution is -2.01. The molecule has 0 radical (unpaired) electrons. The van der Waals surface area contributed by atoms with Gasteiger partial charge in [-0.3, -0.25) is 4.79 Å². The Hall–Kier alpha value is -1.97. The van der Waals surface area contributed by atoms with Crippen molar-refractivity contribution in [3.63, 3.8) is 0 Å². The second kappa shape index (κ2) is 6.69. The molecule has 1 aromatic carbocycles. The van der Waals surface area contributed by atoms with Crippen molar-refractivity contribution in [3.05, 3.63) is 35.4 Å². The molecule has 98 valence electrons. The number of benzene rings is 1. The van der Waals surface area contributed by atoms with Crippen LogP contribution in [0.25, 0.3) is 0 Å². The predicted molar refractivity (Wildman–Crippen MR) is 68.8 cm³/mol. The fraction of sp³-hybridized carbons (Fsp3) is 0.357. The number of aromatic hydroxyl groups is 1. The number of rotatable bonds is 5. The maximum Gasteiger partial charge on any atom is 0.302 e. The summed E-state index contributed by atoms with van der Waals surface area (Å²) in [6, 6.07) is 5.09. The molecule has 0 unspecified atom stereocenters. The predicted octanol–water partition coefficient (Wildman–Crippen LogP) is 2.45. The Labute approximate surface area is 107 Å². The highest BCUT2D eigenvalue weighted by Gasteiger charge is 2.02. The Morgan fingerprint density at radius 2 is 2.11 bits per heavy atom. The van der Waals surface area contributed by atoms with Crippen LogP contribution in [0.2, 0.25) is 0 Å². The van der Waals surface area contributed by atoms with E-state index < -0.39 is 0 Å². The molecule has 1 aromatic rings. The summed E-state index contributed by atoms with van der Waals surface area (Å²) in [5.41, 5.74) is 1.71. The number of carbonyl (C=O) groups excluding carboxylic acids is 1. The number of hydrogen-bond donors (Lipinski definition) is 1. The number of methoxy groups -OCH3 is 1. The summed E-state index contributed by atoms with van der Waals surface area (Å²) in [4.78, 5) is 10.7. The molecule has 0 heterocycles. The molecule has 1 rings (SSSR count). The summed E-state index contributed by atoms with van der Waals surface area (Å²) in [6.07, 6.45) is 2.48. The van der Waals surface area contributed by atoms with Gasteiger partial charge in [-0.25, -0.2) is 0 Å². The van der Waals surface area contributed by atoms with Crippen LogP contribution in [0.1, 0.15) is 19.4 Å². The summed E-state index contributed by atoms with van der Waals surface area (Å²) in [5.74, 6) is 0.633. The number of ether oxygens (including phenoxy) is 2. The van der Waals surface area contributed by atoms with Crippen molar-refractivity contribution in [2.24, 2.45) is 0 Å². The Balaban J connectivity index is 2.66. The minimum Gasteiger partial charge on any atom is -0.508 e. The molecule has 18 heavy (non-hydrogen) atoms. The number of carbonyl (C=O) groups is 1. The summed E-state index contributed by atoms with van der Waals surface area (Å²) >= 11 is 0. The molecular formula is C14H18O4. The third-order valence-corrected chi connectivity index (χ3v) is 2.46. The third-order valence-electron chi connectivity index (χ3n) is 2.46. The molecule has 0 amide bonds. The van der Waals surface area contributed by atoms with Crippen LogP contribution in [0.4, 0.5) is 0 Å². The first-order valence-corrected chi connectivity index (χ1v) is 5.67. The second-order valence-corrected chi connectivity index (χ2v) is 4.03. The molecule has 0 aromatic heterocycles. The van der Waals surface area contributed by atoms with E-state index in [2.05, 4.69) is 0 Å². The largest absolute Gasteiger partial charge is 0.508 e. The number of phenols is 1. The van der Waals surface area contributed by atoms with Gasteiger partial charge < -0.3 is 14.6 Å². The molecule has 0 atom stereocenters. The summed E-state index contributed by atoms with van der Waals surface area (Å²) in [7, 11) is 1.58. The van der Waals surface area contributed by atoms with E-state index in [-0.39, 0.29) is 18.3 Å². The van der Waals surface area contributed by atoms with Gasteiger partial charge >= 0.3 is 5.97 Å². The fourth-order valence-corrected chi connectivity index (χ4v) is 1.41. The number of allylic oxidation sites excluding steroid dienone is 1. The summed E-state index contributed by atoms with van der Waals surface area (Å²) < 4.78 is 9.97. The van der Waals surface area contributed by atoms with Gasteiger partial charge in [0.2, 0.25) is 0 Å². The van der Waals surface area contributed by atoms with Gasteiger partial charge in [0.15, 0.2) is 0 Å². The van der Waals surface area contributed by atoms with Crippen molar-refractivity contribution in [1.82, 2.24) is 0 Å². The first-order valence-electron chi connectivity index (χ1n) is 5.67. The standard InChI is InChI=1S/C14H18O4/c1-10(9-18-11(2)15)4-5-12-8-13(17-3)6-7-14(12)16/h4,6-8,16H,5,9H2,1-3H3/b10-4+. The maximum atomic E-state index is 10.7. The van der Waals surface area contributed by atoms with E-state index in [1.165, 1.54) is 6.92 Å². The minimum atomic E-state index is -0.299. The van der Waals surface area contributed by atoms with E-state index in [4.69, 9.17) is 9.47 Å². The Kier molecular flexibility index (Phi) is 5.24. The molecular weight excluding hydrogens is 232 g/mol. The van der Waals surface area contributed by atoms with E-state index >= 15 is 0 Å². The molecule has 0 fully saturated rings. The normalized spacial score (nSPS) is 11.2. The molecule has 0 saturated carbocycles. The average molecular weight is 250 g/mol. The smallest absolute Gasteiger partial charge is 0.302 e. The number of esters is 1. The molecule has 4 heteroatoms. The Bertz CT molecular complexity index is 449. The van der Waals surface area contributed by atoms with Gasteiger partial charge in [-0.15, -0.1) is 0 Å². The molecule has 0 bridgehead atoms. The molecule has 0 aliphatic rings. The molecule has 0 spiro atoms. The van der Waals surface area contributed by atoms with Crippen molar-refractivity contribution in [2.75, 3.05) is 13.7 Å². The maximum absolute atomic E-state index is 10.7. The van der Waals surface area contributed by atoms with Crippen LogP contribution < -0.4 is 4.74 Å². The van der Waals surface area contributed by atoms with E-state index in [1.807, 2.05) is 13.0 Å². The monoisotopic (exact) mass is 250 g/mol. The van der Waals surface area contributed by atoms with Crippen LogP contribution in [0.5, 0.6) is 11.5 Å². The SMILES string of the molecule is COc1ccc(O)c(C/C=C(\C)COC(C)=O)c1. The van der Waals surface area contributed by atoms with Crippen LogP contribution in [-0.2, 0) is 16.0 Å². The van der Waals surface area contributed by atoms with Crippen LogP contribution in [0, 0.1) is 0 Å². The topological polar surface area (TPSA) is 55.8 Å². The van der Waals surface area contributed by atoms with E-state index in [9.17, 15) is 9.90 Å². The van der Waals surface area contributed by atoms with Crippen molar-refractivity contribution in [2.45, 2.75) is 20.3 Å². The number of phenolic OH excluding ortho intramolecular Hbond substituents is 1. The lowest BCUT2D eigenvalue weighted by atomic mass is 10.1. The summed E-state index contributed by atoms with van der Waals surface area (Å²) in [6.45, 7) is 3.53. The lowest BCUT2D eigenvalue weighted by molar-refractivity contribution is -0.139. The van der Waals surface area contributed by atoms with Gasteiger partial charge in [-0.1, -0.05) is 6.08 Å². The fourth-order valence-electron chi connectivity index (χ4n) is 1.41. The molecule has 0 saturated heterocycles. The van der Waals surface area contributed by atoms with Gasteiger partial charge in [-0.2, -0.15) is 0 Å². The highest BCUT2D eigenvalue weighted by atomic mass is 16.5. The minimum absolute atomic E-state index is 0.229. The van der Waals surface area contributed by atoms with Crippen molar-refractivity contribution in [3.8, 4) is 11.5 Å². The van der Waals surface area contributed by atoms with Crippen LogP contribution >= 0.6 is 0 Å². The van der Waals surface area contributed by atoms with E-state index in [0.717, 1.165) is 11.1 Å². The van der Waals surface area contributed by atoms with Gasteiger partial charge in [0.1, 0.15) is 18.1 Å². The van der Waals surface area contributed by atoms with Gasteiger partial charge in [0.05, 0.1) is 7.11 Å². The van der Waals surface area contributed by atoms with E-state index in [0.29, 0.717) is 12.2 Å². The van der Waals surface area contributed by atoms with E-state index in [1.54, 1.807) is 25.3 Å². The molecule has 0 aliphatic heterocycles. The van der Waals surface area contributed by atoms with Gasteiger partial charge in [-0.05, 0) is 37.1 Å². The highest BCUT2D eigenvalue weighted by Crippen LogP contribution is 2.23. The molecule has 1 N–H and O–H groups in total. The number of hydrogen-bond acceptors (Lipinski definition) is 4. The zero-order valence-electron chi connectivity index (χ0n) is 10.9. The highest BCUT2D eigenvalue weighted by molar-refractivity contribution is 5.66. The Morgan fingerprint density at radius 1 is 1.39 bits per heavy atom. The molecule has 0 aliphatic carbocycles. The Morgan fingerprint density at radius 3 is 2.72 bits per heavy atom. The van der Waals surface area contributed by atoms with Crippen molar-refractivity contribution < 1.29 is 19.4 Å². The summed E-state index contributed by atoms with van der Waals surface area (Å²) in [5, 5.41) is 9.69. The van der Waals surface area contributed by atoms with Crippen molar-refractivity contribution in [1.29, 1.82) is 0 Å². The van der Waals surface area contributed by atoms with Crippen LogP contribution in [-0.4, -0.2) is 24.8 Å². The zero-order valence-corrected chi connectivity index (χ0v) is 10.9. The van der Waals surface area contributed by atoms with Crippen LogP contribution in [0.15, 0.2) is 29.8 Å². The van der Waals surface area contributed by atoms with Crippen molar-refractivity contribution >= 4 is 5.97 Å². The van der Waals surface area contributed by atoms with Gasteiger partial charge in [0.25, 0.3) is 0 Å². The quantitative estimate of drug-likeness (QED) is 0.644. The first kappa shape index (κ1) is 14.1. The first-order chi connectivity index (χ1) is 8.52. The lowest BCUT2D eigenvalue weighted by Gasteiger charge is -2.06. The van der Waals surface area contributed by atoms with Crippen LogP contribution in [0.3, 0.4) is 0 Å². The third kappa shape index (κ3) is 4.49. The second-order valence-electron chi connectivity index (χ2n) is 4.03. The van der Waals surface area contributed by atoms with Gasteiger partial charge in [0, 0.05) is 12.5 Å². The zero-order chi connectivity index (χ0) is 13.5.